The quantitative estimate of drug-likeness (QED) is 0.566. The molecule has 30 heavy (non-hydrogen) atoms. The number of fused-ring (bicyclic) bond motifs is 3. The zero-order chi connectivity index (χ0) is 20.5. The number of rotatable bonds is 4. The number of carbonyl (C=O) groups excluding carboxylic acids is 1. The van der Waals surface area contributed by atoms with E-state index in [0.29, 0.717) is 18.7 Å². The number of halogens is 1. The molecule has 4 aromatic rings. The minimum Gasteiger partial charge on any atom is -0.354 e. The van der Waals surface area contributed by atoms with Crippen LogP contribution in [0.3, 0.4) is 0 Å². The SMILES string of the molecule is O=C(NCc1ccc(F)cc1)[C@H]1CCCN(c2nc3ncccc3n3cccc23)C1. The van der Waals surface area contributed by atoms with Gasteiger partial charge in [0.25, 0.3) is 0 Å². The zero-order valence-electron chi connectivity index (χ0n) is 16.5. The molecule has 0 bridgehead atoms. The van der Waals surface area contributed by atoms with Gasteiger partial charge in [-0.2, -0.15) is 0 Å². The maximum absolute atomic E-state index is 13.1. The summed E-state index contributed by atoms with van der Waals surface area (Å²) in [5.74, 6) is 0.495. The van der Waals surface area contributed by atoms with E-state index in [1.54, 1.807) is 18.3 Å². The number of piperidine rings is 1. The molecule has 0 saturated carbocycles. The molecule has 4 heterocycles. The Bertz CT molecular complexity index is 1200. The number of anilines is 1. The monoisotopic (exact) mass is 403 g/mol. The van der Waals surface area contributed by atoms with Crippen LogP contribution in [0.2, 0.25) is 0 Å². The summed E-state index contributed by atoms with van der Waals surface area (Å²) < 4.78 is 15.2. The number of carbonyl (C=O) groups is 1. The highest BCUT2D eigenvalue weighted by Gasteiger charge is 2.28. The van der Waals surface area contributed by atoms with Gasteiger partial charge in [-0.15, -0.1) is 0 Å². The van der Waals surface area contributed by atoms with E-state index in [9.17, 15) is 9.18 Å². The highest BCUT2D eigenvalue weighted by molar-refractivity contribution is 5.84. The van der Waals surface area contributed by atoms with Crippen molar-refractivity contribution < 1.29 is 9.18 Å². The maximum Gasteiger partial charge on any atom is 0.225 e. The molecule has 1 aliphatic rings. The largest absolute Gasteiger partial charge is 0.354 e. The lowest BCUT2D eigenvalue weighted by Crippen LogP contribution is -2.43. The van der Waals surface area contributed by atoms with Gasteiger partial charge < -0.3 is 14.6 Å². The number of amides is 1. The molecule has 1 amide bonds. The van der Waals surface area contributed by atoms with Gasteiger partial charge in [0.2, 0.25) is 5.91 Å². The Morgan fingerprint density at radius 2 is 1.97 bits per heavy atom. The molecule has 5 rings (SSSR count). The summed E-state index contributed by atoms with van der Waals surface area (Å²) in [5.41, 5.74) is 3.56. The molecule has 0 aliphatic carbocycles. The average molecular weight is 403 g/mol. The number of hydrogen-bond acceptors (Lipinski definition) is 4. The Morgan fingerprint density at radius 1 is 1.13 bits per heavy atom. The Kier molecular flexibility index (Phi) is 4.78. The first-order chi connectivity index (χ1) is 14.7. The molecular weight excluding hydrogens is 381 g/mol. The zero-order valence-corrected chi connectivity index (χ0v) is 16.5. The van der Waals surface area contributed by atoms with Gasteiger partial charge in [-0.25, -0.2) is 14.4 Å². The van der Waals surface area contributed by atoms with Crippen molar-refractivity contribution in [3.8, 4) is 0 Å². The van der Waals surface area contributed by atoms with Crippen LogP contribution in [-0.2, 0) is 11.3 Å². The van der Waals surface area contributed by atoms with Crippen LogP contribution in [0.1, 0.15) is 18.4 Å². The van der Waals surface area contributed by atoms with Crippen LogP contribution in [-0.4, -0.2) is 33.4 Å². The third-order valence-corrected chi connectivity index (χ3v) is 5.69. The Labute approximate surface area is 173 Å². The van der Waals surface area contributed by atoms with Gasteiger partial charge in [0.05, 0.1) is 17.0 Å². The number of pyridine rings is 1. The van der Waals surface area contributed by atoms with Gasteiger partial charge in [-0.3, -0.25) is 4.79 Å². The first-order valence-electron chi connectivity index (χ1n) is 10.2. The molecule has 3 aromatic heterocycles. The predicted octanol–water partition coefficient (Wildman–Crippen LogP) is 3.55. The van der Waals surface area contributed by atoms with Gasteiger partial charge in [0, 0.05) is 32.0 Å². The molecule has 6 nitrogen and oxygen atoms in total. The number of hydrogen-bond donors (Lipinski definition) is 1. The fraction of sp³-hybridized carbons (Fsp3) is 0.261. The van der Waals surface area contributed by atoms with E-state index >= 15 is 0 Å². The van der Waals surface area contributed by atoms with Crippen LogP contribution >= 0.6 is 0 Å². The first-order valence-corrected chi connectivity index (χ1v) is 10.2. The fourth-order valence-corrected chi connectivity index (χ4v) is 4.15. The smallest absolute Gasteiger partial charge is 0.225 e. The number of benzene rings is 1. The summed E-state index contributed by atoms with van der Waals surface area (Å²) in [5, 5.41) is 3.00. The van der Waals surface area contributed by atoms with E-state index in [4.69, 9.17) is 4.98 Å². The topological polar surface area (TPSA) is 62.5 Å². The second-order valence-corrected chi connectivity index (χ2v) is 7.67. The molecule has 0 radical (unpaired) electrons. The molecule has 1 fully saturated rings. The van der Waals surface area contributed by atoms with Crippen molar-refractivity contribution in [2.24, 2.45) is 5.92 Å². The Hall–Kier alpha value is -3.48. The van der Waals surface area contributed by atoms with Crippen LogP contribution in [0.5, 0.6) is 0 Å². The van der Waals surface area contributed by atoms with Gasteiger partial charge >= 0.3 is 0 Å². The average Bonchev–Trinajstić information content (AvgIpc) is 3.28. The third kappa shape index (κ3) is 3.47. The normalized spacial score (nSPS) is 16.8. The van der Waals surface area contributed by atoms with E-state index in [2.05, 4.69) is 19.6 Å². The fourth-order valence-electron chi connectivity index (χ4n) is 4.15. The van der Waals surface area contributed by atoms with Gasteiger partial charge in [0.1, 0.15) is 5.82 Å². The van der Waals surface area contributed by atoms with Crippen LogP contribution < -0.4 is 10.2 Å². The van der Waals surface area contributed by atoms with Crippen molar-refractivity contribution in [3.05, 3.63) is 72.3 Å². The van der Waals surface area contributed by atoms with E-state index in [0.717, 1.165) is 41.8 Å². The molecule has 1 N–H and O–H groups in total. The maximum atomic E-state index is 13.1. The summed E-state index contributed by atoms with van der Waals surface area (Å²) in [6, 6.07) is 14.2. The third-order valence-electron chi connectivity index (χ3n) is 5.69. The van der Waals surface area contributed by atoms with E-state index < -0.39 is 0 Å². The van der Waals surface area contributed by atoms with Gasteiger partial charge in [0.15, 0.2) is 11.5 Å². The number of aromatic nitrogens is 3. The lowest BCUT2D eigenvalue weighted by atomic mass is 9.97. The van der Waals surface area contributed by atoms with Gasteiger partial charge in [-0.1, -0.05) is 12.1 Å². The predicted molar refractivity (Wildman–Crippen MR) is 114 cm³/mol. The molecule has 0 spiro atoms. The van der Waals surface area contributed by atoms with Crippen LogP contribution in [0.4, 0.5) is 10.2 Å². The van der Waals surface area contributed by atoms with Crippen LogP contribution in [0.25, 0.3) is 16.7 Å². The van der Waals surface area contributed by atoms with Gasteiger partial charge in [-0.05, 0) is 54.8 Å². The summed E-state index contributed by atoms with van der Waals surface area (Å²) in [6.07, 6.45) is 5.52. The molecule has 1 atom stereocenters. The second kappa shape index (κ2) is 7.74. The van der Waals surface area contributed by atoms with Crippen molar-refractivity contribution in [2.75, 3.05) is 18.0 Å². The van der Waals surface area contributed by atoms with E-state index in [1.807, 2.05) is 30.5 Å². The minimum atomic E-state index is -0.276. The molecule has 1 aromatic carbocycles. The summed E-state index contributed by atoms with van der Waals surface area (Å²) in [6.45, 7) is 1.87. The number of nitrogens with one attached hydrogen (secondary N) is 1. The van der Waals surface area contributed by atoms with Crippen molar-refractivity contribution >= 4 is 28.4 Å². The van der Waals surface area contributed by atoms with Crippen molar-refractivity contribution in [2.45, 2.75) is 19.4 Å². The number of nitrogens with zero attached hydrogens (tertiary/aromatic N) is 4. The lowest BCUT2D eigenvalue weighted by molar-refractivity contribution is -0.125. The Balaban J connectivity index is 1.35. The second-order valence-electron chi connectivity index (χ2n) is 7.67. The molecular formula is C23H22FN5O. The van der Waals surface area contributed by atoms with E-state index in [-0.39, 0.29) is 17.6 Å². The minimum absolute atomic E-state index is 0.0225. The summed E-state index contributed by atoms with van der Waals surface area (Å²) >= 11 is 0. The first kappa shape index (κ1) is 18.5. The van der Waals surface area contributed by atoms with Crippen molar-refractivity contribution in [3.63, 3.8) is 0 Å². The molecule has 152 valence electrons. The van der Waals surface area contributed by atoms with Crippen molar-refractivity contribution in [1.29, 1.82) is 0 Å². The Morgan fingerprint density at radius 3 is 2.83 bits per heavy atom. The standard InChI is InChI=1S/C23H22FN5O/c24-18-9-7-16(8-10-18)14-26-23(30)17-4-2-12-28(15-17)22-20-6-3-13-29(20)19-5-1-11-25-21(19)27-22/h1,3,5-11,13,17H,2,4,12,14-15H2,(H,26,30)/t17-/m0/s1. The van der Waals surface area contributed by atoms with E-state index in [1.165, 1.54) is 12.1 Å². The lowest BCUT2D eigenvalue weighted by Gasteiger charge is -2.33. The van der Waals surface area contributed by atoms with Crippen LogP contribution in [0.15, 0.2) is 60.9 Å². The molecule has 1 saturated heterocycles. The molecule has 7 heteroatoms. The summed E-state index contributed by atoms with van der Waals surface area (Å²) in [7, 11) is 0. The highest BCUT2D eigenvalue weighted by Crippen LogP contribution is 2.28. The molecule has 0 unspecified atom stereocenters. The highest BCUT2D eigenvalue weighted by atomic mass is 19.1. The molecule has 1 aliphatic heterocycles. The van der Waals surface area contributed by atoms with Crippen molar-refractivity contribution in [1.82, 2.24) is 19.7 Å². The summed E-state index contributed by atoms with van der Waals surface area (Å²) in [4.78, 5) is 24.2. The van der Waals surface area contributed by atoms with Crippen LogP contribution in [0, 0.1) is 11.7 Å².